The van der Waals surface area contributed by atoms with Crippen molar-refractivity contribution >= 4 is 0 Å². The maximum absolute atomic E-state index is 5.74. The first-order chi connectivity index (χ1) is 10.0. The summed E-state index contributed by atoms with van der Waals surface area (Å²) >= 11 is 0. The first-order valence-electron chi connectivity index (χ1n) is 7.30. The lowest BCUT2D eigenvalue weighted by molar-refractivity contribution is 0.457. The minimum Gasteiger partial charge on any atom is -0.437 e. The average Bonchev–Trinajstić information content (AvgIpc) is 2.39. The van der Waals surface area contributed by atoms with Crippen molar-refractivity contribution in [1.82, 2.24) is 15.3 Å². The van der Waals surface area contributed by atoms with Gasteiger partial charge in [-0.15, -0.1) is 0 Å². The number of aryl methyl sites for hydroxylation is 2. The molecule has 1 heterocycles. The predicted molar refractivity (Wildman–Crippen MR) is 84.6 cm³/mol. The number of nitrogens with one attached hydrogen (secondary N) is 1. The largest absolute Gasteiger partial charge is 0.437 e. The highest BCUT2D eigenvalue weighted by Crippen LogP contribution is 2.21. The van der Waals surface area contributed by atoms with Crippen molar-refractivity contribution < 1.29 is 4.74 Å². The van der Waals surface area contributed by atoms with Crippen LogP contribution in [0.25, 0.3) is 0 Å². The van der Waals surface area contributed by atoms with Gasteiger partial charge in [0.25, 0.3) is 0 Å². The van der Waals surface area contributed by atoms with Crippen LogP contribution in [0.2, 0.25) is 0 Å². The minimum atomic E-state index is 0.521. The Morgan fingerprint density at radius 3 is 2.33 bits per heavy atom. The fourth-order valence-corrected chi connectivity index (χ4v) is 2.09. The SMILES string of the molecule is Cc1cc(C)cc(Oc2cnc(CNCC(C)C)cn2)c1. The number of ether oxygens (including phenoxy) is 1. The van der Waals surface area contributed by atoms with Gasteiger partial charge in [0, 0.05) is 6.54 Å². The third kappa shape index (κ3) is 5.16. The third-order valence-electron chi connectivity index (χ3n) is 2.96. The molecular formula is C17H23N3O. The Hall–Kier alpha value is -1.94. The van der Waals surface area contributed by atoms with Crippen molar-refractivity contribution in [3.8, 4) is 11.6 Å². The van der Waals surface area contributed by atoms with E-state index >= 15 is 0 Å². The van der Waals surface area contributed by atoms with Gasteiger partial charge in [0.1, 0.15) is 5.75 Å². The van der Waals surface area contributed by atoms with Gasteiger partial charge in [0.2, 0.25) is 5.88 Å². The van der Waals surface area contributed by atoms with Gasteiger partial charge in [0.15, 0.2) is 0 Å². The molecule has 0 saturated heterocycles. The second-order valence-electron chi connectivity index (χ2n) is 5.80. The summed E-state index contributed by atoms with van der Waals surface area (Å²) < 4.78 is 5.74. The Morgan fingerprint density at radius 2 is 1.76 bits per heavy atom. The molecule has 0 unspecified atom stereocenters. The zero-order chi connectivity index (χ0) is 15.2. The number of aromatic nitrogens is 2. The minimum absolute atomic E-state index is 0.521. The molecule has 2 aromatic rings. The summed E-state index contributed by atoms with van der Waals surface area (Å²) in [6, 6.07) is 6.10. The summed E-state index contributed by atoms with van der Waals surface area (Å²) in [5, 5.41) is 3.34. The molecule has 0 saturated carbocycles. The van der Waals surface area contributed by atoms with E-state index in [1.54, 1.807) is 12.4 Å². The van der Waals surface area contributed by atoms with Crippen molar-refractivity contribution in [2.45, 2.75) is 34.2 Å². The van der Waals surface area contributed by atoms with Gasteiger partial charge in [-0.1, -0.05) is 19.9 Å². The predicted octanol–water partition coefficient (Wildman–Crippen LogP) is 3.63. The zero-order valence-corrected chi connectivity index (χ0v) is 13.2. The Balaban J connectivity index is 1.95. The molecule has 0 spiro atoms. The monoisotopic (exact) mass is 285 g/mol. The molecule has 4 heteroatoms. The number of benzene rings is 1. The van der Waals surface area contributed by atoms with Gasteiger partial charge in [-0.05, 0) is 49.6 Å². The van der Waals surface area contributed by atoms with E-state index in [1.807, 2.05) is 12.1 Å². The van der Waals surface area contributed by atoms with Crippen molar-refractivity contribution in [3.63, 3.8) is 0 Å². The van der Waals surface area contributed by atoms with Crippen LogP contribution < -0.4 is 10.1 Å². The van der Waals surface area contributed by atoms with E-state index in [1.165, 1.54) is 11.1 Å². The average molecular weight is 285 g/mol. The van der Waals surface area contributed by atoms with Gasteiger partial charge in [-0.25, -0.2) is 4.98 Å². The maximum atomic E-state index is 5.74. The van der Waals surface area contributed by atoms with E-state index in [0.29, 0.717) is 11.8 Å². The normalized spacial score (nSPS) is 10.9. The maximum Gasteiger partial charge on any atom is 0.237 e. The molecule has 1 aromatic heterocycles. The second kappa shape index (κ2) is 7.18. The van der Waals surface area contributed by atoms with Gasteiger partial charge in [-0.3, -0.25) is 4.98 Å². The van der Waals surface area contributed by atoms with E-state index in [2.05, 4.69) is 49.0 Å². The molecule has 2 rings (SSSR count). The van der Waals surface area contributed by atoms with E-state index < -0.39 is 0 Å². The number of nitrogens with zero attached hydrogens (tertiary/aromatic N) is 2. The van der Waals surface area contributed by atoms with Crippen LogP contribution in [0.1, 0.15) is 30.7 Å². The fraction of sp³-hybridized carbons (Fsp3) is 0.412. The lowest BCUT2D eigenvalue weighted by Gasteiger charge is -2.08. The van der Waals surface area contributed by atoms with Crippen molar-refractivity contribution in [3.05, 3.63) is 47.4 Å². The van der Waals surface area contributed by atoms with Crippen LogP contribution in [-0.4, -0.2) is 16.5 Å². The van der Waals surface area contributed by atoms with E-state index in [4.69, 9.17) is 4.74 Å². The topological polar surface area (TPSA) is 47.0 Å². The first-order valence-corrected chi connectivity index (χ1v) is 7.30. The third-order valence-corrected chi connectivity index (χ3v) is 2.96. The number of hydrogen-bond donors (Lipinski definition) is 1. The van der Waals surface area contributed by atoms with E-state index in [0.717, 1.165) is 24.5 Å². The van der Waals surface area contributed by atoms with Gasteiger partial charge >= 0.3 is 0 Å². The van der Waals surface area contributed by atoms with Crippen LogP contribution in [0.15, 0.2) is 30.6 Å². The molecule has 1 N–H and O–H groups in total. The quantitative estimate of drug-likeness (QED) is 0.880. The Kier molecular flexibility index (Phi) is 5.28. The summed E-state index contributed by atoms with van der Waals surface area (Å²) in [4.78, 5) is 8.67. The molecule has 4 nitrogen and oxygen atoms in total. The van der Waals surface area contributed by atoms with Gasteiger partial charge in [0.05, 0.1) is 18.1 Å². The Labute approximate surface area is 126 Å². The molecule has 0 aliphatic carbocycles. The standard InChI is InChI=1S/C17H23N3O/c1-12(2)8-18-9-15-10-20-17(11-19-15)21-16-6-13(3)5-14(4)7-16/h5-7,10-12,18H,8-9H2,1-4H3. The van der Waals surface area contributed by atoms with Crippen molar-refractivity contribution in [2.24, 2.45) is 5.92 Å². The van der Waals surface area contributed by atoms with Crippen LogP contribution >= 0.6 is 0 Å². The molecule has 0 radical (unpaired) electrons. The van der Waals surface area contributed by atoms with Crippen LogP contribution in [0.4, 0.5) is 0 Å². The number of hydrogen-bond acceptors (Lipinski definition) is 4. The molecular weight excluding hydrogens is 262 g/mol. The molecule has 0 amide bonds. The lowest BCUT2D eigenvalue weighted by atomic mass is 10.1. The highest BCUT2D eigenvalue weighted by atomic mass is 16.5. The van der Waals surface area contributed by atoms with E-state index in [-0.39, 0.29) is 0 Å². The van der Waals surface area contributed by atoms with Crippen LogP contribution in [0.5, 0.6) is 11.6 Å². The molecule has 1 aromatic carbocycles. The summed E-state index contributed by atoms with van der Waals surface area (Å²) in [5.74, 6) is 1.95. The van der Waals surface area contributed by atoms with Gasteiger partial charge < -0.3 is 10.1 Å². The molecule has 21 heavy (non-hydrogen) atoms. The smallest absolute Gasteiger partial charge is 0.237 e. The molecule has 112 valence electrons. The van der Waals surface area contributed by atoms with Crippen LogP contribution in [-0.2, 0) is 6.54 Å². The Morgan fingerprint density at radius 1 is 1.05 bits per heavy atom. The molecule has 0 aliphatic rings. The molecule has 0 fully saturated rings. The fourth-order valence-electron chi connectivity index (χ4n) is 2.09. The zero-order valence-electron chi connectivity index (χ0n) is 13.2. The highest BCUT2D eigenvalue weighted by Gasteiger charge is 2.02. The molecule has 0 atom stereocenters. The summed E-state index contributed by atoms with van der Waals surface area (Å²) in [6.45, 7) is 10.2. The van der Waals surface area contributed by atoms with E-state index in [9.17, 15) is 0 Å². The second-order valence-corrected chi connectivity index (χ2v) is 5.80. The van der Waals surface area contributed by atoms with Crippen LogP contribution in [0, 0.1) is 19.8 Å². The first kappa shape index (κ1) is 15.4. The molecule has 0 bridgehead atoms. The number of rotatable bonds is 6. The van der Waals surface area contributed by atoms with Crippen molar-refractivity contribution in [1.29, 1.82) is 0 Å². The molecule has 0 aliphatic heterocycles. The Bertz CT molecular complexity index is 559. The highest BCUT2D eigenvalue weighted by molar-refractivity contribution is 5.35. The summed E-state index contributed by atoms with van der Waals surface area (Å²) in [5.41, 5.74) is 3.27. The summed E-state index contributed by atoms with van der Waals surface area (Å²) in [7, 11) is 0. The van der Waals surface area contributed by atoms with Crippen LogP contribution in [0.3, 0.4) is 0 Å². The lowest BCUT2D eigenvalue weighted by Crippen LogP contribution is -2.19. The van der Waals surface area contributed by atoms with Gasteiger partial charge in [-0.2, -0.15) is 0 Å². The summed E-state index contributed by atoms with van der Waals surface area (Å²) in [6.07, 6.45) is 3.43. The van der Waals surface area contributed by atoms with Crippen molar-refractivity contribution in [2.75, 3.05) is 6.54 Å².